The highest BCUT2D eigenvalue weighted by molar-refractivity contribution is 5.41. The van der Waals surface area contributed by atoms with Gasteiger partial charge in [-0.05, 0) is 18.6 Å². The predicted octanol–water partition coefficient (Wildman–Crippen LogP) is 2.35. The second-order valence-electron chi connectivity index (χ2n) is 3.65. The highest BCUT2D eigenvalue weighted by Gasteiger charge is 2.06. The number of hydrogen-bond acceptors (Lipinski definition) is 4. The molecule has 5 heteroatoms. The summed E-state index contributed by atoms with van der Waals surface area (Å²) in [4.78, 5) is 17.5. The Hall–Kier alpha value is -2.30. The third-order valence-electron chi connectivity index (χ3n) is 2.18. The number of H-pyrrole nitrogens is 1. The topological polar surface area (TPSA) is 64.2 Å². The third-order valence-corrected chi connectivity index (χ3v) is 2.18. The summed E-state index contributed by atoms with van der Waals surface area (Å²) in [5.41, 5.74) is -0.257. The van der Waals surface area contributed by atoms with Crippen LogP contribution in [0.5, 0.6) is 17.4 Å². The Labute approximate surface area is 104 Å². The van der Waals surface area contributed by atoms with Gasteiger partial charge in [-0.15, -0.1) is 0 Å². The molecule has 0 aliphatic heterocycles. The molecule has 5 nitrogen and oxygen atoms in total. The minimum absolute atomic E-state index is 0.242. The van der Waals surface area contributed by atoms with Crippen LogP contribution in [0.1, 0.15) is 13.3 Å². The number of nitrogens with one attached hydrogen (secondary N) is 1. The van der Waals surface area contributed by atoms with E-state index in [0.717, 1.165) is 6.42 Å². The molecule has 2 aromatic rings. The molecule has 1 heterocycles. The number of ether oxygens (including phenoxy) is 2. The molecule has 0 aliphatic rings. The molecule has 2 rings (SSSR count). The molecule has 94 valence electrons. The standard InChI is InChI=1S/C13H14N2O3/c1-2-7-17-10-5-3-4-6-11(10)18-13-8-12(16)14-9-15-13/h3-6,8-9H,2,7H2,1H3,(H,14,15,16). The van der Waals surface area contributed by atoms with Gasteiger partial charge in [0.25, 0.3) is 5.56 Å². The second-order valence-corrected chi connectivity index (χ2v) is 3.65. The third kappa shape index (κ3) is 3.10. The zero-order valence-corrected chi connectivity index (χ0v) is 10.1. The summed E-state index contributed by atoms with van der Waals surface area (Å²) in [5.74, 6) is 1.43. The molecule has 0 saturated heterocycles. The van der Waals surface area contributed by atoms with Crippen LogP contribution >= 0.6 is 0 Å². The fourth-order valence-electron chi connectivity index (χ4n) is 1.38. The lowest BCUT2D eigenvalue weighted by atomic mass is 10.3. The summed E-state index contributed by atoms with van der Waals surface area (Å²) in [6.45, 7) is 2.64. The van der Waals surface area contributed by atoms with Crippen molar-refractivity contribution in [1.82, 2.24) is 9.97 Å². The van der Waals surface area contributed by atoms with Crippen molar-refractivity contribution < 1.29 is 9.47 Å². The van der Waals surface area contributed by atoms with Crippen molar-refractivity contribution in [1.29, 1.82) is 0 Å². The molecule has 18 heavy (non-hydrogen) atoms. The van der Waals surface area contributed by atoms with Crippen LogP contribution in [0.15, 0.2) is 41.5 Å². The minimum Gasteiger partial charge on any atom is -0.490 e. The van der Waals surface area contributed by atoms with E-state index in [0.29, 0.717) is 18.1 Å². The van der Waals surface area contributed by atoms with Crippen molar-refractivity contribution in [3.05, 3.63) is 47.0 Å². The van der Waals surface area contributed by atoms with Crippen LogP contribution in [0.4, 0.5) is 0 Å². The molecule has 1 aromatic heterocycles. The number of aromatic nitrogens is 2. The first-order valence-corrected chi connectivity index (χ1v) is 5.74. The van der Waals surface area contributed by atoms with Crippen LogP contribution in [0.2, 0.25) is 0 Å². The lowest BCUT2D eigenvalue weighted by Crippen LogP contribution is -2.05. The normalized spacial score (nSPS) is 10.1. The Balaban J connectivity index is 2.20. The van der Waals surface area contributed by atoms with E-state index in [1.807, 2.05) is 25.1 Å². The van der Waals surface area contributed by atoms with Gasteiger partial charge in [0.05, 0.1) is 19.0 Å². The Morgan fingerprint density at radius 3 is 2.78 bits per heavy atom. The van der Waals surface area contributed by atoms with Crippen molar-refractivity contribution in [2.24, 2.45) is 0 Å². The highest BCUT2D eigenvalue weighted by atomic mass is 16.5. The molecule has 0 fully saturated rings. The van der Waals surface area contributed by atoms with Gasteiger partial charge in [-0.25, -0.2) is 4.98 Å². The first-order valence-electron chi connectivity index (χ1n) is 5.74. The minimum atomic E-state index is -0.257. The second kappa shape index (κ2) is 5.86. The van der Waals surface area contributed by atoms with Gasteiger partial charge < -0.3 is 14.5 Å². The van der Waals surface area contributed by atoms with Gasteiger partial charge >= 0.3 is 0 Å². The maximum absolute atomic E-state index is 11.1. The van der Waals surface area contributed by atoms with Gasteiger partial charge in [-0.1, -0.05) is 19.1 Å². The Morgan fingerprint density at radius 2 is 2.06 bits per heavy atom. The number of rotatable bonds is 5. The van der Waals surface area contributed by atoms with E-state index in [9.17, 15) is 4.79 Å². The maximum Gasteiger partial charge on any atom is 0.254 e. The molecular formula is C13H14N2O3. The van der Waals surface area contributed by atoms with Crippen LogP contribution in [0, 0.1) is 0 Å². The maximum atomic E-state index is 11.1. The van der Waals surface area contributed by atoms with E-state index in [2.05, 4.69) is 9.97 Å². The first kappa shape index (κ1) is 12.2. The van der Waals surface area contributed by atoms with E-state index >= 15 is 0 Å². The number of aromatic amines is 1. The van der Waals surface area contributed by atoms with Crippen LogP contribution < -0.4 is 15.0 Å². The van der Waals surface area contributed by atoms with E-state index in [-0.39, 0.29) is 11.4 Å². The zero-order chi connectivity index (χ0) is 12.8. The lowest BCUT2D eigenvalue weighted by Gasteiger charge is -2.10. The van der Waals surface area contributed by atoms with Gasteiger partial charge in [0.1, 0.15) is 0 Å². The number of hydrogen-bond donors (Lipinski definition) is 1. The van der Waals surface area contributed by atoms with Crippen molar-refractivity contribution in [3.63, 3.8) is 0 Å². The Bertz CT molecular complexity index is 566. The number of nitrogens with zero attached hydrogens (tertiary/aromatic N) is 1. The molecule has 0 unspecified atom stereocenters. The number of benzene rings is 1. The van der Waals surface area contributed by atoms with E-state index in [1.54, 1.807) is 6.07 Å². The average molecular weight is 246 g/mol. The van der Waals surface area contributed by atoms with E-state index in [4.69, 9.17) is 9.47 Å². The van der Waals surface area contributed by atoms with E-state index < -0.39 is 0 Å². The molecular weight excluding hydrogens is 232 g/mol. The van der Waals surface area contributed by atoms with Crippen molar-refractivity contribution in [3.8, 4) is 17.4 Å². The smallest absolute Gasteiger partial charge is 0.254 e. The molecule has 0 amide bonds. The van der Waals surface area contributed by atoms with Crippen molar-refractivity contribution in [2.45, 2.75) is 13.3 Å². The molecule has 0 aliphatic carbocycles. The van der Waals surface area contributed by atoms with Crippen LogP contribution in [-0.2, 0) is 0 Å². The summed E-state index contributed by atoms with van der Waals surface area (Å²) >= 11 is 0. The molecule has 0 atom stereocenters. The van der Waals surface area contributed by atoms with Gasteiger partial charge in [0.15, 0.2) is 11.5 Å². The summed E-state index contributed by atoms with van der Waals surface area (Å²) in [7, 11) is 0. The quantitative estimate of drug-likeness (QED) is 0.879. The molecule has 1 aromatic carbocycles. The SMILES string of the molecule is CCCOc1ccccc1Oc1cc(=O)[nH]cn1. The highest BCUT2D eigenvalue weighted by Crippen LogP contribution is 2.29. The monoisotopic (exact) mass is 246 g/mol. The molecule has 0 saturated carbocycles. The largest absolute Gasteiger partial charge is 0.490 e. The molecule has 0 spiro atoms. The van der Waals surface area contributed by atoms with Gasteiger partial charge in [0.2, 0.25) is 5.88 Å². The number of para-hydroxylation sites is 2. The first-order chi connectivity index (χ1) is 8.79. The average Bonchev–Trinajstić information content (AvgIpc) is 2.38. The van der Waals surface area contributed by atoms with Gasteiger partial charge in [0, 0.05) is 0 Å². The van der Waals surface area contributed by atoms with E-state index in [1.165, 1.54) is 12.4 Å². The fourth-order valence-corrected chi connectivity index (χ4v) is 1.38. The summed E-state index contributed by atoms with van der Waals surface area (Å²) < 4.78 is 11.1. The van der Waals surface area contributed by atoms with Gasteiger partial charge in [-0.3, -0.25) is 4.79 Å². The summed E-state index contributed by atoms with van der Waals surface area (Å²) in [6.07, 6.45) is 2.21. The molecule has 0 bridgehead atoms. The van der Waals surface area contributed by atoms with Crippen LogP contribution in [0.3, 0.4) is 0 Å². The summed E-state index contributed by atoms with van der Waals surface area (Å²) in [5, 5.41) is 0. The fraction of sp³-hybridized carbons (Fsp3) is 0.231. The summed E-state index contributed by atoms with van der Waals surface area (Å²) in [6, 6.07) is 8.58. The van der Waals surface area contributed by atoms with Crippen LogP contribution in [0.25, 0.3) is 0 Å². The molecule has 0 radical (unpaired) electrons. The van der Waals surface area contributed by atoms with Crippen molar-refractivity contribution >= 4 is 0 Å². The zero-order valence-electron chi connectivity index (χ0n) is 10.1. The van der Waals surface area contributed by atoms with Crippen LogP contribution in [-0.4, -0.2) is 16.6 Å². The lowest BCUT2D eigenvalue weighted by molar-refractivity contribution is 0.300. The Kier molecular flexibility index (Phi) is 3.96. The van der Waals surface area contributed by atoms with Gasteiger partial charge in [-0.2, -0.15) is 0 Å². The molecule has 1 N–H and O–H groups in total. The predicted molar refractivity (Wildman–Crippen MR) is 67.2 cm³/mol. The van der Waals surface area contributed by atoms with Crippen molar-refractivity contribution in [2.75, 3.05) is 6.61 Å². The Morgan fingerprint density at radius 1 is 1.28 bits per heavy atom.